The van der Waals surface area contributed by atoms with Gasteiger partial charge in [-0.25, -0.2) is 0 Å². The fraction of sp³-hybridized carbons (Fsp3) is 0.400. The predicted octanol–water partition coefficient (Wildman–Crippen LogP) is 4.52. The molecule has 0 aromatic rings. The molecule has 17 heavy (non-hydrogen) atoms. The van der Waals surface area contributed by atoms with Crippen molar-refractivity contribution in [3.05, 3.63) is 43.0 Å². The molecule has 0 saturated heterocycles. The summed E-state index contributed by atoms with van der Waals surface area (Å²) >= 11 is -2.36. The fourth-order valence-electron chi connectivity index (χ4n) is 3.44. The fourth-order valence-corrected chi connectivity index (χ4v) is 32.7. The van der Waals surface area contributed by atoms with Crippen molar-refractivity contribution in [2.45, 2.75) is 39.8 Å². The molecule has 0 atom stereocenters. The first-order valence-electron chi connectivity index (χ1n) is 6.43. The Hall–Kier alpha value is -0.0700. The van der Waals surface area contributed by atoms with E-state index in [0.29, 0.717) is 0 Å². The van der Waals surface area contributed by atoms with Crippen LogP contribution in [0.15, 0.2) is 43.0 Å². The minimum atomic E-state index is -2.36. The average molecular weight is 324 g/mol. The summed E-state index contributed by atoms with van der Waals surface area (Å²) in [7, 11) is 0. The van der Waals surface area contributed by atoms with Crippen LogP contribution >= 0.6 is 0 Å². The molecule has 0 nitrogen and oxygen atoms in total. The quantitative estimate of drug-likeness (QED) is 0.656. The summed E-state index contributed by atoms with van der Waals surface area (Å²) < 4.78 is 5.43. The summed E-state index contributed by atoms with van der Waals surface area (Å²) in [5.74, 6) is 0. The van der Waals surface area contributed by atoms with Crippen LogP contribution in [0.2, 0.25) is 13.1 Å². The minimum Gasteiger partial charge on any atom is -1.00 e. The zero-order valence-corrected chi connectivity index (χ0v) is 14.8. The van der Waals surface area contributed by atoms with Crippen LogP contribution in [-0.2, 0) is 18.4 Å². The van der Waals surface area contributed by atoms with E-state index in [2.05, 4.69) is 63.4 Å². The monoisotopic (exact) mass is 322 g/mol. The topological polar surface area (TPSA) is 0 Å². The Balaban J connectivity index is 0.00000162. The Morgan fingerprint density at radius 1 is 1.06 bits per heavy atom. The van der Waals surface area contributed by atoms with Crippen molar-refractivity contribution in [2.24, 2.45) is 0 Å². The maximum Gasteiger partial charge on any atom is -1.00 e. The van der Waals surface area contributed by atoms with Gasteiger partial charge in [0.2, 0.25) is 0 Å². The molecular formula is C15H24SiZr-2. The maximum absolute atomic E-state index is 2.55. The SMILES string of the molecule is C[C](C)=[Zr]([C]1=CC=CC1)([C]1=CC=CC1)=[Si](C)C.[H-].[H-]. The zero-order valence-electron chi connectivity index (χ0n) is 13.4. The van der Waals surface area contributed by atoms with E-state index in [1.807, 2.05) is 6.56 Å². The van der Waals surface area contributed by atoms with Gasteiger partial charge in [-0.05, 0) is 0 Å². The van der Waals surface area contributed by atoms with Gasteiger partial charge in [0.05, 0.1) is 0 Å². The van der Waals surface area contributed by atoms with Crippen molar-refractivity contribution >= 4 is 8.64 Å². The molecule has 2 aliphatic rings. The van der Waals surface area contributed by atoms with Gasteiger partial charge in [-0.15, -0.1) is 0 Å². The summed E-state index contributed by atoms with van der Waals surface area (Å²) in [6.07, 6.45) is 16.6. The van der Waals surface area contributed by atoms with E-state index in [1.165, 1.54) is 12.8 Å². The smallest absolute Gasteiger partial charge is 1.00 e. The summed E-state index contributed by atoms with van der Waals surface area (Å²) in [5, 5.41) is 0. The molecule has 0 N–H and O–H groups in total. The summed E-state index contributed by atoms with van der Waals surface area (Å²) in [6.45, 7) is 9.91. The van der Waals surface area contributed by atoms with Crippen LogP contribution in [-0.4, -0.2) is 8.64 Å². The Kier molecular flexibility index (Phi) is 4.15. The van der Waals surface area contributed by atoms with Crippen molar-refractivity contribution in [3.8, 4) is 0 Å². The summed E-state index contributed by atoms with van der Waals surface area (Å²) in [6, 6.07) is 0. The predicted molar refractivity (Wildman–Crippen MR) is 79.7 cm³/mol. The van der Waals surface area contributed by atoms with E-state index in [1.54, 1.807) is 3.21 Å². The van der Waals surface area contributed by atoms with Crippen LogP contribution in [0.5, 0.6) is 0 Å². The van der Waals surface area contributed by atoms with Crippen molar-refractivity contribution in [2.75, 3.05) is 0 Å². The van der Waals surface area contributed by atoms with Gasteiger partial charge in [-0.2, -0.15) is 0 Å². The molecule has 0 aromatic carbocycles. The molecule has 2 heteroatoms. The van der Waals surface area contributed by atoms with Crippen LogP contribution in [0.1, 0.15) is 29.5 Å². The minimum absolute atomic E-state index is 0. The molecule has 0 aromatic heterocycles. The molecule has 94 valence electrons. The molecule has 0 unspecified atom stereocenters. The summed E-state index contributed by atoms with van der Waals surface area (Å²) in [4.78, 5) is 0. The molecule has 0 aliphatic heterocycles. The van der Waals surface area contributed by atoms with E-state index >= 15 is 0 Å². The third-order valence-electron chi connectivity index (χ3n) is 4.01. The molecule has 2 aliphatic carbocycles. The van der Waals surface area contributed by atoms with Gasteiger partial charge in [0.1, 0.15) is 0 Å². The molecule has 0 amide bonds. The Morgan fingerprint density at radius 2 is 1.53 bits per heavy atom. The number of hydrogen-bond donors (Lipinski definition) is 0. The average Bonchev–Trinajstić information content (AvgIpc) is 2.88. The second-order valence-electron chi connectivity index (χ2n) is 5.40. The third-order valence-corrected chi connectivity index (χ3v) is 33.6. The molecular weight excluding hydrogens is 299 g/mol. The van der Waals surface area contributed by atoms with E-state index < -0.39 is 18.4 Å². The van der Waals surface area contributed by atoms with Gasteiger partial charge < -0.3 is 2.85 Å². The van der Waals surface area contributed by atoms with Crippen molar-refractivity contribution in [3.63, 3.8) is 0 Å². The van der Waals surface area contributed by atoms with Crippen LogP contribution < -0.4 is 0 Å². The number of rotatable bonds is 2. The van der Waals surface area contributed by atoms with Gasteiger partial charge in [-0.3, -0.25) is 0 Å². The third kappa shape index (κ3) is 2.15. The van der Waals surface area contributed by atoms with Gasteiger partial charge in [0.25, 0.3) is 0 Å². The molecule has 0 bridgehead atoms. The van der Waals surface area contributed by atoms with Gasteiger partial charge >= 0.3 is 110 Å². The van der Waals surface area contributed by atoms with E-state index in [9.17, 15) is 0 Å². The Labute approximate surface area is 112 Å². The van der Waals surface area contributed by atoms with E-state index in [-0.39, 0.29) is 8.29 Å². The standard InChI is InChI=1S/2C5H5.C3H6.C2H6Si.Zr.2H/c2*1-2-4-5-3-1;2*1-3-2;;;/h2*1-3H,4H2;2*1-2H3;;;/q;;;;;2*-1. The van der Waals surface area contributed by atoms with E-state index in [4.69, 9.17) is 0 Å². The van der Waals surface area contributed by atoms with Crippen LogP contribution in [0.4, 0.5) is 0 Å². The second kappa shape index (κ2) is 5.28. The second-order valence-corrected chi connectivity index (χ2v) is 28.5. The van der Waals surface area contributed by atoms with E-state index in [0.717, 1.165) is 0 Å². The van der Waals surface area contributed by atoms with Crippen molar-refractivity contribution in [1.82, 2.24) is 0 Å². The summed E-state index contributed by atoms with van der Waals surface area (Å²) in [5.41, 5.74) is -0.241. The Morgan fingerprint density at radius 3 is 1.76 bits per heavy atom. The Bertz CT molecular complexity index is 519. The molecule has 0 saturated carbocycles. The van der Waals surface area contributed by atoms with Crippen LogP contribution in [0.25, 0.3) is 0 Å². The van der Waals surface area contributed by atoms with Crippen molar-refractivity contribution < 1.29 is 21.3 Å². The van der Waals surface area contributed by atoms with Crippen LogP contribution in [0.3, 0.4) is 0 Å². The molecule has 0 fully saturated rings. The largest absolute Gasteiger partial charge is 1.00 e. The number of allylic oxidation sites excluding steroid dienone is 8. The normalized spacial score (nSPS) is 17.4. The molecule has 0 radical (unpaired) electrons. The molecule has 2 rings (SSSR count). The first-order chi connectivity index (χ1) is 8.10. The van der Waals surface area contributed by atoms with Gasteiger partial charge in [-0.1, -0.05) is 0 Å². The first-order valence-corrected chi connectivity index (χ1v) is 16.3. The maximum atomic E-state index is 2.55. The molecule has 0 spiro atoms. The zero-order chi connectivity index (χ0) is 12.5. The van der Waals surface area contributed by atoms with Gasteiger partial charge in [0.15, 0.2) is 0 Å². The van der Waals surface area contributed by atoms with Crippen molar-refractivity contribution in [1.29, 1.82) is 0 Å². The molecule has 0 heterocycles. The first kappa shape index (κ1) is 13.4. The van der Waals surface area contributed by atoms with Crippen LogP contribution in [0, 0.1) is 0 Å². The van der Waals surface area contributed by atoms with Gasteiger partial charge in [0, 0.05) is 0 Å². The number of hydrogen-bond acceptors (Lipinski definition) is 0.